The zero-order valence-electron chi connectivity index (χ0n) is 24.4. The Kier molecular flexibility index (Phi) is 8.06. The molecule has 0 aliphatic carbocycles. The van der Waals surface area contributed by atoms with Crippen molar-refractivity contribution in [1.82, 2.24) is 5.32 Å². The second kappa shape index (κ2) is 11.6. The Balaban J connectivity index is 1.27. The van der Waals surface area contributed by atoms with E-state index in [0.717, 1.165) is 49.8 Å². The van der Waals surface area contributed by atoms with E-state index in [9.17, 15) is 14.7 Å². The van der Waals surface area contributed by atoms with Gasteiger partial charge in [-0.2, -0.15) is 0 Å². The molecular formula is C35H35NO5S. The zero-order chi connectivity index (χ0) is 30.1. The number of hydrogen-bond donors (Lipinski definition) is 2. The van der Waals surface area contributed by atoms with Gasteiger partial charge in [0.05, 0.1) is 0 Å². The minimum absolute atomic E-state index is 0.591. The molecule has 1 amide bonds. The van der Waals surface area contributed by atoms with Crippen molar-refractivity contribution in [1.29, 1.82) is 0 Å². The van der Waals surface area contributed by atoms with Crippen molar-refractivity contribution < 1.29 is 23.8 Å². The molecule has 1 atom stereocenters. The molecule has 42 heavy (non-hydrogen) atoms. The summed E-state index contributed by atoms with van der Waals surface area (Å²) >= 11 is 1.47. The first-order valence-corrected chi connectivity index (χ1v) is 14.9. The van der Waals surface area contributed by atoms with E-state index in [2.05, 4.69) is 78.1 Å². The third-order valence-corrected chi connectivity index (χ3v) is 8.56. The van der Waals surface area contributed by atoms with Gasteiger partial charge in [-0.15, -0.1) is 11.8 Å². The molecule has 5 aromatic rings. The fraction of sp³-hybridized carbons (Fsp3) is 0.257. The molecule has 0 aliphatic heterocycles. The number of carboxylic acids is 1. The summed E-state index contributed by atoms with van der Waals surface area (Å²) in [5.41, 5.74) is 6.46. The lowest BCUT2D eigenvalue weighted by Gasteiger charge is -2.32. The van der Waals surface area contributed by atoms with Crippen molar-refractivity contribution in [3.63, 3.8) is 0 Å². The maximum atomic E-state index is 12.3. The Hall–Kier alpha value is -4.23. The van der Waals surface area contributed by atoms with Crippen LogP contribution >= 0.6 is 11.8 Å². The lowest BCUT2D eigenvalue weighted by molar-refractivity contribution is -0.140. The molecule has 4 aromatic carbocycles. The fourth-order valence-corrected chi connectivity index (χ4v) is 5.98. The molecule has 5 rings (SSSR count). The number of furan rings is 1. The van der Waals surface area contributed by atoms with Gasteiger partial charge in [0.2, 0.25) is 0 Å². The van der Waals surface area contributed by atoms with Crippen LogP contribution in [0.1, 0.15) is 40.2 Å². The molecule has 1 aromatic heterocycles. The van der Waals surface area contributed by atoms with Gasteiger partial charge in [-0.05, 0) is 62.9 Å². The van der Waals surface area contributed by atoms with Crippen molar-refractivity contribution in [2.45, 2.75) is 56.8 Å². The molecule has 0 radical (unpaired) electrons. The number of ether oxygens (including phenoxy) is 1. The van der Waals surface area contributed by atoms with Crippen molar-refractivity contribution in [3.8, 4) is 22.3 Å². The van der Waals surface area contributed by atoms with Crippen LogP contribution in [0.15, 0.2) is 95.4 Å². The molecule has 2 N–H and O–H groups in total. The number of nitrogens with one attached hydrogen (secondary N) is 1. The maximum absolute atomic E-state index is 12.3. The van der Waals surface area contributed by atoms with Gasteiger partial charge in [-0.3, -0.25) is 0 Å². The average molecular weight is 582 g/mol. The van der Waals surface area contributed by atoms with Crippen LogP contribution in [0, 0.1) is 0 Å². The van der Waals surface area contributed by atoms with Crippen molar-refractivity contribution in [2.75, 3.05) is 0 Å². The number of benzene rings is 4. The van der Waals surface area contributed by atoms with Crippen molar-refractivity contribution in [3.05, 3.63) is 96.6 Å². The van der Waals surface area contributed by atoms with Crippen LogP contribution in [0.25, 0.3) is 44.2 Å². The number of aliphatic carboxylic acids is 1. The number of hydrogen-bond acceptors (Lipinski definition) is 5. The van der Waals surface area contributed by atoms with E-state index in [1.807, 2.05) is 32.0 Å². The Morgan fingerprint density at radius 1 is 0.810 bits per heavy atom. The number of carbonyl (C=O) groups excluding carboxylic acids is 1. The minimum Gasteiger partial charge on any atom is -0.480 e. The normalized spacial score (nSPS) is 12.8. The third kappa shape index (κ3) is 6.47. The highest BCUT2D eigenvalue weighted by Crippen LogP contribution is 2.37. The summed E-state index contributed by atoms with van der Waals surface area (Å²) in [6.07, 6.45) is -0.742. The number of carbonyl (C=O) groups is 2. The molecule has 0 bridgehead atoms. The SMILES string of the molecule is CC(C)(C)OC(=O)NC(C(=O)O)C(C)(C)SCc1ccc(-c2ccc(-c3cccc4c3oc3ccccc34)cc2)cc1. The summed E-state index contributed by atoms with van der Waals surface area (Å²) < 4.78 is 10.7. The number of rotatable bonds is 8. The highest BCUT2D eigenvalue weighted by atomic mass is 32.2. The average Bonchev–Trinajstić information content (AvgIpc) is 3.33. The van der Waals surface area contributed by atoms with Crippen LogP contribution < -0.4 is 5.32 Å². The van der Waals surface area contributed by atoms with E-state index < -0.39 is 28.5 Å². The van der Waals surface area contributed by atoms with Crippen LogP contribution in [0.3, 0.4) is 0 Å². The van der Waals surface area contributed by atoms with Gasteiger partial charge >= 0.3 is 12.1 Å². The predicted molar refractivity (Wildman–Crippen MR) is 171 cm³/mol. The summed E-state index contributed by atoms with van der Waals surface area (Å²) in [5, 5.41) is 14.6. The second-order valence-corrected chi connectivity index (χ2v) is 13.5. The summed E-state index contributed by atoms with van der Waals surface area (Å²) in [5.74, 6) is -0.512. The lowest BCUT2D eigenvalue weighted by Crippen LogP contribution is -2.53. The summed E-state index contributed by atoms with van der Waals surface area (Å²) in [6, 6.07) is 30.0. The Morgan fingerprint density at radius 2 is 1.40 bits per heavy atom. The molecule has 0 saturated heterocycles. The zero-order valence-corrected chi connectivity index (χ0v) is 25.2. The maximum Gasteiger partial charge on any atom is 0.408 e. The van der Waals surface area contributed by atoms with Crippen LogP contribution in [0.4, 0.5) is 4.79 Å². The highest BCUT2D eigenvalue weighted by Gasteiger charge is 2.38. The number of fused-ring (bicyclic) bond motifs is 3. The van der Waals surface area contributed by atoms with Crippen molar-refractivity contribution >= 4 is 45.8 Å². The first-order chi connectivity index (χ1) is 19.9. The van der Waals surface area contributed by atoms with E-state index in [4.69, 9.17) is 9.15 Å². The molecule has 1 heterocycles. The van der Waals surface area contributed by atoms with E-state index >= 15 is 0 Å². The fourth-order valence-electron chi connectivity index (χ4n) is 4.92. The van der Waals surface area contributed by atoms with E-state index in [1.54, 1.807) is 20.8 Å². The minimum atomic E-state index is -1.11. The number of amides is 1. The van der Waals surface area contributed by atoms with Crippen LogP contribution in [0.5, 0.6) is 0 Å². The van der Waals surface area contributed by atoms with Gasteiger partial charge in [0, 0.05) is 26.8 Å². The standard InChI is InChI=1S/C35H35NO5S/c1-34(2,3)41-33(39)36-31(32(37)38)35(4,5)42-21-22-13-15-23(16-14-22)24-17-19-25(20-18-24)26-10-8-11-28-27-9-6-7-12-29(27)40-30(26)28/h6-20,31H,21H2,1-5H3,(H,36,39)(H,37,38). The number of thioether (sulfide) groups is 1. The quantitative estimate of drug-likeness (QED) is 0.190. The number of alkyl carbamates (subject to hydrolysis) is 1. The highest BCUT2D eigenvalue weighted by molar-refractivity contribution is 7.99. The monoisotopic (exact) mass is 581 g/mol. The first kappa shape index (κ1) is 29.3. The van der Waals surface area contributed by atoms with Crippen molar-refractivity contribution in [2.24, 2.45) is 0 Å². The van der Waals surface area contributed by atoms with Gasteiger partial charge in [0.25, 0.3) is 0 Å². The molecule has 0 saturated carbocycles. The Bertz CT molecular complexity index is 1730. The van der Waals surface area contributed by atoms with Crippen LogP contribution in [-0.2, 0) is 15.3 Å². The summed E-state index contributed by atoms with van der Waals surface area (Å²) in [6.45, 7) is 8.85. The Labute approximate surface area is 250 Å². The molecule has 1 unspecified atom stereocenters. The largest absolute Gasteiger partial charge is 0.480 e. The van der Waals surface area contributed by atoms with E-state index in [0.29, 0.717) is 5.75 Å². The Morgan fingerprint density at radius 3 is 2.05 bits per heavy atom. The van der Waals surface area contributed by atoms with Gasteiger partial charge in [-0.25, -0.2) is 9.59 Å². The topological polar surface area (TPSA) is 88.8 Å². The molecule has 0 fully saturated rings. The summed E-state index contributed by atoms with van der Waals surface area (Å²) in [7, 11) is 0. The van der Waals surface area contributed by atoms with Gasteiger partial charge in [-0.1, -0.05) is 84.9 Å². The second-order valence-electron chi connectivity index (χ2n) is 11.9. The number of carboxylic acid groups (broad SMARTS) is 1. The lowest BCUT2D eigenvalue weighted by atomic mass is 9.98. The molecule has 6 nitrogen and oxygen atoms in total. The van der Waals surface area contributed by atoms with Crippen LogP contribution in [-0.4, -0.2) is 33.6 Å². The molecule has 216 valence electrons. The third-order valence-electron chi connectivity index (χ3n) is 7.10. The smallest absolute Gasteiger partial charge is 0.408 e. The van der Waals surface area contributed by atoms with Gasteiger partial charge in [0.1, 0.15) is 22.8 Å². The molecular weight excluding hydrogens is 546 g/mol. The summed E-state index contributed by atoms with van der Waals surface area (Å²) in [4.78, 5) is 24.2. The molecule has 0 spiro atoms. The van der Waals surface area contributed by atoms with Crippen LogP contribution in [0.2, 0.25) is 0 Å². The number of para-hydroxylation sites is 2. The van der Waals surface area contributed by atoms with Gasteiger partial charge < -0.3 is 19.6 Å². The van der Waals surface area contributed by atoms with Gasteiger partial charge in [0.15, 0.2) is 0 Å². The molecule has 7 heteroatoms. The first-order valence-electron chi connectivity index (χ1n) is 13.9. The molecule has 0 aliphatic rings. The van der Waals surface area contributed by atoms with E-state index in [1.165, 1.54) is 11.8 Å². The predicted octanol–water partition coefficient (Wildman–Crippen LogP) is 8.91. The van der Waals surface area contributed by atoms with E-state index in [-0.39, 0.29) is 0 Å².